The van der Waals surface area contributed by atoms with Gasteiger partial charge >= 0.3 is 6.09 Å². The predicted molar refractivity (Wildman–Crippen MR) is 78.0 cm³/mol. The van der Waals surface area contributed by atoms with E-state index in [4.69, 9.17) is 4.74 Å². The number of hydrogen-bond acceptors (Lipinski definition) is 3. The largest absolute Gasteiger partial charge is 0.439 e. The van der Waals surface area contributed by atoms with Crippen molar-refractivity contribution in [2.75, 3.05) is 11.9 Å². The van der Waals surface area contributed by atoms with Gasteiger partial charge in [0, 0.05) is 11.3 Å². The molecule has 2 N–H and O–H groups in total. The zero-order chi connectivity index (χ0) is 15.5. The van der Waals surface area contributed by atoms with Gasteiger partial charge in [-0.05, 0) is 42.0 Å². The molecule has 0 spiro atoms. The molecule has 0 saturated carbocycles. The lowest BCUT2D eigenvalue weighted by atomic mass is 10.1. The fraction of sp³-hybridized carbons (Fsp3) is 0.125. The van der Waals surface area contributed by atoms with Gasteiger partial charge in [0.2, 0.25) is 0 Å². The third-order valence-electron chi connectivity index (χ3n) is 3.33. The molecule has 2 amide bonds. The SMILES string of the molecule is O=C1NCC(c2ccc(NC(=O)c3ccc(F)cc3)cc2)O1. The van der Waals surface area contributed by atoms with Gasteiger partial charge in [-0.1, -0.05) is 12.1 Å². The molecule has 1 fully saturated rings. The number of alkyl carbamates (subject to hydrolysis) is 1. The lowest BCUT2D eigenvalue weighted by molar-refractivity contribution is 0.102. The van der Waals surface area contributed by atoms with Crippen LogP contribution in [0.5, 0.6) is 0 Å². The first-order valence-corrected chi connectivity index (χ1v) is 6.73. The summed E-state index contributed by atoms with van der Waals surface area (Å²) < 4.78 is 17.9. The highest BCUT2D eigenvalue weighted by Gasteiger charge is 2.23. The number of ether oxygens (including phenoxy) is 1. The van der Waals surface area contributed by atoms with Crippen LogP contribution in [0.25, 0.3) is 0 Å². The number of cyclic esters (lactones) is 1. The molecule has 1 atom stereocenters. The Labute approximate surface area is 126 Å². The molecule has 5 nitrogen and oxygen atoms in total. The zero-order valence-corrected chi connectivity index (χ0v) is 11.5. The Kier molecular flexibility index (Phi) is 3.74. The van der Waals surface area contributed by atoms with E-state index >= 15 is 0 Å². The molecule has 6 heteroatoms. The van der Waals surface area contributed by atoms with Gasteiger partial charge in [-0.3, -0.25) is 4.79 Å². The standard InChI is InChI=1S/C16H13FN2O3/c17-12-5-1-11(2-6-12)15(20)19-13-7-3-10(4-8-13)14-9-18-16(21)22-14/h1-8,14H,9H2,(H,18,21)(H,19,20). The first-order valence-electron chi connectivity index (χ1n) is 6.73. The number of carbonyl (C=O) groups is 2. The number of carbonyl (C=O) groups excluding carboxylic acids is 2. The van der Waals surface area contributed by atoms with Crippen molar-refractivity contribution in [1.29, 1.82) is 0 Å². The van der Waals surface area contributed by atoms with Crippen LogP contribution in [0.1, 0.15) is 22.0 Å². The van der Waals surface area contributed by atoms with Gasteiger partial charge in [0.15, 0.2) is 0 Å². The van der Waals surface area contributed by atoms with Gasteiger partial charge in [0.25, 0.3) is 5.91 Å². The van der Waals surface area contributed by atoms with E-state index in [9.17, 15) is 14.0 Å². The molecular formula is C16H13FN2O3. The molecule has 22 heavy (non-hydrogen) atoms. The predicted octanol–water partition coefficient (Wildman–Crippen LogP) is 2.86. The monoisotopic (exact) mass is 300 g/mol. The Morgan fingerprint density at radius 3 is 2.41 bits per heavy atom. The summed E-state index contributed by atoms with van der Waals surface area (Å²) in [5, 5.41) is 5.30. The van der Waals surface area contributed by atoms with E-state index in [2.05, 4.69) is 10.6 Å². The summed E-state index contributed by atoms with van der Waals surface area (Å²) in [6.45, 7) is 0.431. The van der Waals surface area contributed by atoms with E-state index in [0.29, 0.717) is 17.8 Å². The Hall–Kier alpha value is -2.89. The van der Waals surface area contributed by atoms with Crippen molar-refractivity contribution in [1.82, 2.24) is 5.32 Å². The second-order valence-electron chi connectivity index (χ2n) is 4.86. The van der Waals surface area contributed by atoms with Crippen LogP contribution in [0.2, 0.25) is 0 Å². The molecule has 1 aliphatic rings. The highest BCUT2D eigenvalue weighted by molar-refractivity contribution is 6.04. The van der Waals surface area contributed by atoms with Crippen LogP contribution in [-0.4, -0.2) is 18.5 Å². The molecule has 1 unspecified atom stereocenters. The molecule has 0 aromatic heterocycles. The molecule has 2 aromatic carbocycles. The molecule has 0 bridgehead atoms. The maximum Gasteiger partial charge on any atom is 0.407 e. The molecule has 3 rings (SSSR count). The van der Waals surface area contributed by atoms with Gasteiger partial charge in [0.1, 0.15) is 11.9 Å². The highest BCUT2D eigenvalue weighted by Crippen LogP contribution is 2.22. The maximum absolute atomic E-state index is 12.8. The van der Waals surface area contributed by atoms with E-state index < -0.39 is 6.09 Å². The number of benzene rings is 2. The highest BCUT2D eigenvalue weighted by atomic mass is 19.1. The Bertz CT molecular complexity index is 698. The number of nitrogens with one attached hydrogen (secondary N) is 2. The van der Waals surface area contributed by atoms with Crippen LogP contribution >= 0.6 is 0 Å². The van der Waals surface area contributed by atoms with Crippen molar-refractivity contribution in [3.05, 3.63) is 65.5 Å². The summed E-state index contributed by atoms with van der Waals surface area (Å²) in [5.41, 5.74) is 1.83. The van der Waals surface area contributed by atoms with E-state index in [1.807, 2.05) is 0 Å². The molecule has 0 radical (unpaired) electrons. The normalized spacial score (nSPS) is 16.8. The maximum atomic E-state index is 12.8. The van der Waals surface area contributed by atoms with E-state index in [0.717, 1.165) is 5.56 Å². The number of rotatable bonds is 3. The van der Waals surface area contributed by atoms with E-state index in [-0.39, 0.29) is 17.8 Å². The number of halogens is 1. The first-order chi connectivity index (χ1) is 10.6. The van der Waals surface area contributed by atoms with Crippen molar-refractivity contribution in [2.24, 2.45) is 0 Å². The summed E-state index contributed by atoms with van der Waals surface area (Å²) in [5.74, 6) is -0.706. The minimum absolute atomic E-state index is 0.311. The number of anilines is 1. The average molecular weight is 300 g/mol. The summed E-state index contributed by atoms with van der Waals surface area (Å²) in [6.07, 6.45) is -0.743. The lowest BCUT2D eigenvalue weighted by Crippen LogP contribution is -2.12. The van der Waals surface area contributed by atoms with Crippen LogP contribution in [-0.2, 0) is 4.74 Å². The Morgan fingerprint density at radius 1 is 1.14 bits per heavy atom. The molecular weight excluding hydrogens is 287 g/mol. The summed E-state index contributed by atoms with van der Waals surface area (Å²) in [4.78, 5) is 23.0. The van der Waals surface area contributed by atoms with Gasteiger partial charge in [-0.2, -0.15) is 0 Å². The Balaban J connectivity index is 1.67. The first kappa shape index (κ1) is 14.1. The molecule has 2 aromatic rings. The molecule has 1 heterocycles. The third kappa shape index (κ3) is 3.06. The van der Waals surface area contributed by atoms with Crippen LogP contribution < -0.4 is 10.6 Å². The van der Waals surface area contributed by atoms with E-state index in [1.165, 1.54) is 24.3 Å². The van der Waals surface area contributed by atoms with Gasteiger partial charge in [-0.15, -0.1) is 0 Å². The fourth-order valence-electron chi connectivity index (χ4n) is 2.16. The topological polar surface area (TPSA) is 67.4 Å². The van der Waals surface area contributed by atoms with Crippen molar-refractivity contribution in [3.63, 3.8) is 0 Å². The Morgan fingerprint density at radius 2 is 1.82 bits per heavy atom. The minimum Gasteiger partial charge on any atom is -0.439 e. The zero-order valence-electron chi connectivity index (χ0n) is 11.5. The van der Waals surface area contributed by atoms with Crippen molar-refractivity contribution < 1.29 is 18.7 Å². The van der Waals surface area contributed by atoms with Crippen LogP contribution in [0.3, 0.4) is 0 Å². The van der Waals surface area contributed by atoms with Gasteiger partial charge in [0.05, 0.1) is 6.54 Å². The molecule has 1 aliphatic heterocycles. The van der Waals surface area contributed by atoms with Gasteiger partial charge < -0.3 is 15.4 Å². The van der Waals surface area contributed by atoms with Gasteiger partial charge in [-0.25, -0.2) is 9.18 Å². The second-order valence-corrected chi connectivity index (χ2v) is 4.86. The van der Waals surface area contributed by atoms with Crippen molar-refractivity contribution >= 4 is 17.7 Å². The van der Waals surface area contributed by atoms with E-state index in [1.54, 1.807) is 24.3 Å². The number of hydrogen-bond donors (Lipinski definition) is 2. The quantitative estimate of drug-likeness (QED) is 0.916. The molecule has 112 valence electrons. The molecule has 0 aliphatic carbocycles. The second kappa shape index (κ2) is 5.85. The van der Waals surface area contributed by atoms with Crippen LogP contribution in [0.15, 0.2) is 48.5 Å². The lowest BCUT2D eigenvalue weighted by Gasteiger charge is -2.10. The smallest absolute Gasteiger partial charge is 0.407 e. The fourth-order valence-corrected chi connectivity index (χ4v) is 2.16. The average Bonchev–Trinajstić information content (AvgIpc) is 2.95. The third-order valence-corrected chi connectivity index (χ3v) is 3.33. The van der Waals surface area contributed by atoms with Crippen LogP contribution in [0.4, 0.5) is 14.9 Å². The van der Waals surface area contributed by atoms with Crippen molar-refractivity contribution in [3.8, 4) is 0 Å². The minimum atomic E-state index is -0.432. The number of amides is 2. The van der Waals surface area contributed by atoms with Crippen LogP contribution in [0, 0.1) is 5.82 Å². The summed E-state index contributed by atoms with van der Waals surface area (Å²) in [7, 11) is 0. The molecule has 1 saturated heterocycles. The summed E-state index contributed by atoms with van der Waals surface area (Å²) in [6, 6.07) is 12.3. The summed E-state index contributed by atoms with van der Waals surface area (Å²) >= 11 is 0. The van der Waals surface area contributed by atoms with Crippen molar-refractivity contribution in [2.45, 2.75) is 6.10 Å².